The fourth-order valence-electron chi connectivity index (χ4n) is 2.09. The van der Waals surface area contributed by atoms with Crippen molar-refractivity contribution in [1.29, 1.82) is 0 Å². The monoisotopic (exact) mass is 138 g/mol. The first kappa shape index (κ1) is 8.16. The normalized spacial score (nSPS) is 49.1. The molecule has 1 aliphatic rings. The smallest absolute Gasteiger partial charge is 0.0644 e. The fourth-order valence-corrected chi connectivity index (χ4v) is 2.09. The molecule has 0 saturated heterocycles. The largest absolute Gasteiger partial charge is 0.106 e. The minimum atomic E-state index is 0.948. The Bertz CT molecular complexity index is 97.3. The summed E-state index contributed by atoms with van der Waals surface area (Å²) in [4.78, 5) is 0. The molecule has 1 fully saturated rings. The third kappa shape index (κ3) is 1.38. The first-order valence-electron chi connectivity index (χ1n) is 4.63. The Balaban J connectivity index is 2.52. The molecule has 1 rings (SSSR count). The highest BCUT2D eigenvalue weighted by Crippen LogP contribution is 2.39. The van der Waals surface area contributed by atoms with E-state index in [1.54, 1.807) is 0 Å². The lowest BCUT2D eigenvalue weighted by molar-refractivity contribution is 0.222. The third-order valence-electron chi connectivity index (χ3n) is 3.70. The van der Waals surface area contributed by atoms with Gasteiger partial charge in [-0.05, 0) is 17.8 Å². The van der Waals surface area contributed by atoms with Crippen molar-refractivity contribution in [3.63, 3.8) is 0 Å². The zero-order valence-electron chi connectivity index (χ0n) is 7.72. The van der Waals surface area contributed by atoms with E-state index in [1.165, 1.54) is 12.8 Å². The maximum atomic E-state index is 2.41. The SMILES string of the molecule is BC1C(C)CCC(C)C1C. The molecule has 1 heteroatoms. The van der Waals surface area contributed by atoms with Gasteiger partial charge in [-0.3, -0.25) is 0 Å². The number of hydrogen-bond acceptors (Lipinski definition) is 0. The quantitative estimate of drug-likeness (QED) is 0.449. The van der Waals surface area contributed by atoms with Crippen molar-refractivity contribution in [3.8, 4) is 0 Å². The molecular weight excluding hydrogens is 119 g/mol. The summed E-state index contributed by atoms with van der Waals surface area (Å²) in [5, 5.41) is 0. The maximum absolute atomic E-state index is 2.41. The van der Waals surface area contributed by atoms with Gasteiger partial charge in [0.2, 0.25) is 0 Å². The van der Waals surface area contributed by atoms with Gasteiger partial charge in [-0.1, -0.05) is 39.4 Å². The summed E-state index contributed by atoms with van der Waals surface area (Å²) in [6.07, 6.45) is 2.90. The van der Waals surface area contributed by atoms with E-state index in [9.17, 15) is 0 Å². The first-order chi connectivity index (χ1) is 4.63. The Morgan fingerprint density at radius 2 is 1.50 bits per heavy atom. The summed E-state index contributed by atoms with van der Waals surface area (Å²) < 4.78 is 0. The molecule has 4 atom stereocenters. The molecule has 0 radical (unpaired) electrons. The average molecular weight is 138 g/mol. The minimum absolute atomic E-state index is 0.948. The Morgan fingerprint density at radius 1 is 1.00 bits per heavy atom. The molecule has 0 heterocycles. The minimum Gasteiger partial charge on any atom is -0.0644 e. The molecule has 0 aromatic rings. The van der Waals surface area contributed by atoms with Crippen LogP contribution in [0.15, 0.2) is 0 Å². The molecule has 0 spiro atoms. The summed E-state index contributed by atoms with van der Waals surface area (Å²) >= 11 is 0. The molecule has 0 nitrogen and oxygen atoms in total. The molecule has 0 amide bonds. The molecular formula is C9H19B. The van der Waals surface area contributed by atoms with Crippen LogP contribution in [0.25, 0.3) is 0 Å². The molecule has 0 aromatic carbocycles. The van der Waals surface area contributed by atoms with E-state index in [0.29, 0.717) is 0 Å². The Morgan fingerprint density at radius 3 is 2.00 bits per heavy atom. The van der Waals surface area contributed by atoms with Crippen LogP contribution in [-0.2, 0) is 0 Å². The molecule has 0 aliphatic heterocycles. The van der Waals surface area contributed by atoms with Crippen molar-refractivity contribution >= 4 is 7.85 Å². The van der Waals surface area contributed by atoms with Crippen molar-refractivity contribution < 1.29 is 0 Å². The Hall–Kier alpha value is 0.0649. The predicted molar refractivity (Wildman–Crippen MR) is 49.0 cm³/mol. The van der Waals surface area contributed by atoms with Crippen molar-refractivity contribution in [2.24, 2.45) is 17.8 Å². The van der Waals surface area contributed by atoms with Crippen LogP contribution in [0.4, 0.5) is 0 Å². The lowest BCUT2D eigenvalue weighted by Crippen LogP contribution is -2.26. The van der Waals surface area contributed by atoms with Gasteiger partial charge in [-0.25, -0.2) is 0 Å². The van der Waals surface area contributed by atoms with Gasteiger partial charge < -0.3 is 0 Å². The van der Waals surface area contributed by atoms with Crippen LogP contribution in [0.1, 0.15) is 33.6 Å². The second-order valence-electron chi connectivity index (χ2n) is 4.25. The van der Waals surface area contributed by atoms with Crippen LogP contribution >= 0.6 is 0 Å². The van der Waals surface area contributed by atoms with Gasteiger partial charge in [-0.15, -0.1) is 0 Å². The second-order valence-corrected chi connectivity index (χ2v) is 4.25. The first-order valence-corrected chi connectivity index (χ1v) is 4.63. The van der Waals surface area contributed by atoms with E-state index >= 15 is 0 Å². The van der Waals surface area contributed by atoms with Gasteiger partial charge in [0.05, 0.1) is 0 Å². The molecule has 10 heavy (non-hydrogen) atoms. The van der Waals surface area contributed by atoms with Crippen molar-refractivity contribution in [3.05, 3.63) is 0 Å². The lowest BCUT2D eigenvalue weighted by atomic mass is 9.60. The van der Waals surface area contributed by atoms with E-state index in [4.69, 9.17) is 0 Å². The van der Waals surface area contributed by atoms with Crippen molar-refractivity contribution in [2.45, 2.75) is 39.4 Å². The van der Waals surface area contributed by atoms with E-state index in [0.717, 1.165) is 23.6 Å². The summed E-state index contributed by atoms with van der Waals surface area (Å²) in [5.41, 5.74) is 0. The summed E-state index contributed by atoms with van der Waals surface area (Å²) in [6.45, 7) is 7.20. The van der Waals surface area contributed by atoms with Gasteiger partial charge in [0.15, 0.2) is 0 Å². The molecule has 0 aromatic heterocycles. The number of rotatable bonds is 0. The maximum Gasteiger partial charge on any atom is 0.106 e. The van der Waals surface area contributed by atoms with Crippen LogP contribution in [0, 0.1) is 17.8 Å². The van der Waals surface area contributed by atoms with Gasteiger partial charge in [-0.2, -0.15) is 0 Å². The zero-order chi connectivity index (χ0) is 7.72. The fraction of sp³-hybridized carbons (Fsp3) is 1.00. The molecule has 58 valence electrons. The third-order valence-corrected chi connectivity index (χ3v) is 3.70. The van der Waals surface area contributed by atoms with E-state index in [1.807, 2.05) is 0 Å². The van der Waals surface area contributed by atoms with E-state index in [2.05, 4.69) is 28.6 Å². The highest BCUT2D eigenvalue weighted by molar-refractivity contribution is 6.12. The standard InChI is InChI=1S/C9H19B/c1-6-4-5-7(2)9(10)8(6)3/h6-9H,4-5,10H2,1-3H3. The van der Waals surface area contributed by atoms with Crippen LogP contribution < -0.4 is 0 Å². The van der Waals surface area contributed by atoms with Gasteiger partial charge in [0, 0.05) is 0 Å². The highest BCUT2D eigenvalue weighted by atomic mass is 14.3. The Labute approximate surface area is 65.8 Å². The molecule has 0 N–H and O–H groups in total. The summed E-state index contributed by atoms with van der Waals surface area (Å²) in [6, 6.07) is 0. The van der Waals surface area contributed by atoms with Crippen molar-refractivity contribution in [1.82, 2.24) is 0 Å². The molecule has 1 saturated carbocycles. The predicted octanol–water partition coefficient (Wildman–Crippen LogP) is 2.11. The topological polar surface area (TPSA) is 0 Å². The van der Waals surface area contributed by atoms with Gasteiger partial charge >= 0.3 is 0 Å². The van der Waals surface area contributed by atoms with Gasteiger partial charge in [0.1, 0.15) is 7.85 Å². The van der Waals surface area contributed by atoms with Crippen LogP contribution in [-0.4, -0.2) is 7.85 Å². The number of hydrogen-bond donors (Lipinski definition) is 0. The van der Waals surface area contributed by atoms with Crippen LogP contribution in [0.3, 0.4) is 0 Å². The summed E-state index contributed by atoms with van der Waals surface area (Å²) in [5.74, 6) is 3.82. The van der Waals surface area contributed by atoms with E-state index < -0.39 is 0 Å². The van der Waals surface area contributed by atoms with E-state index in [-0.39, 0.29) is 0 Å². The van der Waals surface area contributed by atoms with Crippen LogP contribution in [0.2, 0.25) is 5.82 Å². The summed E-state index contributed by atoms with van der Waals surface area (Å²) in [7, 11) is 2.41. The molecule has 4 unspecified atom stereocenters. The molecule has 1 aliphatic carbocycles. The Kier molecular flexibility index (Phi) is 2.43. The lowest BCUT2D eigenvalue weighted by Gasteiger charge is -2.36. The van der Waals surface area contributed by atoms with Gasteiger partial charge in [0.25, 0.3) is 0 Å². The van der Waals surface area contributed by atoms with Crippen LogP contribution in [0.5, 0.6) is 0 Å². The second kappa shape index (κ2) is 2.98. The average Bonchev–Trinajstić information content (AvgIpc) is 1.93. The highest BCUT2D eigenvalue weighted by Gasteiger charge is 2.28. The van der Waals surface area contributed by atoms with Crippen molar-refractivity contribution in [2.75, 3.05) is 0 Å². The molecule has 0 bridgehead atoms. The zero-order valence-corrected chi connectivity index (χ0v) is 7.72.